The largest absolute Gasteiger partial charge is 0.396 e. The summed E-state index contributed by atoms with van der Waals surface area (Å²) in [6.07, 6.45) is 11.0. The molecule has 3 fully saturated rings. The molecule has 0 bridgehead atoms. The second kappa shape index (κ2) is 6.09. The summed E-state index contributed by atoms with van der Waals surface area (Å²) < 4.78 is 0. The summed E-state index contributed by atoms with van der Waals surface area (Å²) in [6.45, 7) is 7.60. The van der Waals surface area contributed by atoms with Crippen LogP contribution in [-0.2, 0) is 0 Å². The van der Waals surface area contributed by atoms with Gasteiger partial charge in [0, 0.05) is 6.61 Å². The Hall–Kier alpha value is -0.0800. The number of hydrogen-bond acceptors (Lipinski definition) is 2. The Kier molecular flexibility index (Phi) is 4.64. The predicted octanol–water partition coefficient (Wildman–Crippen LogP) is 4.39. The lowest BCUT2D eigenvalue weighted by Crippen LogP contribution is -2.47. The highest BCUT2D eigenvalue weighted by Gasteiger charge is 2.53. The van der Waals surface area contributed by atoms with Crippen LogP contribution in [0.1, 0.15) is 78.6 Å². The lowest BCUT2D eigenvalue weighted by molar-refractivity contribution is -0.0737. The molecule has 3 rings (SSSR count). The molecule has 22 heavy (non-hydrogen) atoms. The molecule has 0 aromatic carbocycles. The van der Waals surface area contributed by atoms with Crippen LogP contribution in [-0.4, -0.2) is 22.9 Å². The van der Waals surface area contributed by atoms with E-state index in [-0.39, 0.29) is 18.1 Å². The number of aliphatic hydroxyl groups excluding tert-OH is 2. The minimum absolute atomic E-state index is 0.185. The molecule has 0 heterocycles. The van der Waals surface area contributed by atoms with Crippen molar-refractivity contribution in [2.75, 3.05) is 6.61 Å². The molecule has 2 N–H and O–H groups in total. The van der Waals surface area contributed by atoms with Gasteiger partial charge in [0.2, 0.25) is 0 Å². The molecule has 7 atom stereocenters. The van der Waals surface area contributed by atoms with Crippen molar-refractivity contribution in [1.82, 2.24) is 0 Å². The van der Waals surface area contributed by atoms with Gasteiger partial charge in [0.05, 0.1) is 6.10 Å². The molecule has 3 aliphatic carbocycles. The van der Waals surface area contributed by atoms with Gasteiger partial charge >= 0.3 is 0 Å². The first-order chi connectivity index (χ1) is 10.4. The zero-order chi connectivity index (χ0) is 16.0. The van der Waals surface area contributed by atoms with E-state index < -0.39 is 0 Å². The van der Waals surface area contributed by atoms with E-state index in [1.165, 1.54) is 38.5 Å². The predicted molar refractivity (Wildman–Crippen MR) is 90.5 cm³/mol. The molecule has 2 nitrogen and oxygen atoms in total. The Morgan fingerprint density at radius 1 is 0.864 bits per heavy atom. The van der Waals surface area contributed by atoms with Crippen molar-refractivity contribution < 1.29 is 10.2 Å². The highest BCUT2D eigenvalue weighted by molar-refractivity contribution is 5.03. The maximum absolute atomic E-state index is 9.99. The summed E-state index contributed by atoms with van der Waals surface area (Å²) in [4.78, 5) is 0. The van der Waals surface area contributed by atoms with E-state index >= 15 is 0 Å². The summed E-state index contributed by atoms with van der Waals surface area (Å²) in [5.41, 5.74) is 0.837. The highest BCUT2D eigenvalue weighted by Crippen LogP contribution is 2.62. The summed E-state index contributed by atoms with van der Waals surface area (Å²) in [5, 5.41) is 19.9. The van der Waals surface area contributed by atoms with E-state index in [2.05, 4.69) is 20.8 Å². The van der Waals surface area contributed by atoms with E-state index in [0.29, 0.717) is 11.3 Å². The lowest BCUT2D eigenvalue weighted by Gasteiger charge is -2.53. The Bertz CT molecular complexity index is 395. The monoisotopic (exact) mass is 308 g/mol. The quantitative estimate of drug-likeness (QED) is 0.812. The highest BCUT2D eigenvalue weighted by atomic mass is 16.3. The smallest absolute Gasteiger partial charge is 0.0544 e. The van der Waals surface area contributed by atoms with E-state index in [9.17, 15) is 10.2 Å². The molecule has 0 amide bonds. The van der Waals surface area contributed by atoms with Crippen LogP contribution in [0.25, 0.3) is 0 Å². The van der Waals surface area contributed by atoms with Crippen LogP contribution in [0.15, 0.2) is 0 Å². The third-order valence-electron chi connectivity index (χ3n) is 8.48. The fourth-order valence-electron chi connectivity index (χ4n) is 6.62. The van der Waals surface area contributed by atoms with Crippen LogP contribution in [0, 0.1) is 34.5 Å². The summed E-state index contributed by atoms with van der Waals surface area (Å²) in [7, 11) is 0. The number of aliphatic hydroxyl groups is 2. The average Bonchev–Trinajstić information content (AvgIpc) is 2.85. The fraction of sp³-hybridized carbons (Fsp3) is 1.00. The van der Waals surface area contributed by atoms with Crippen molar-refractivity contribution in [3.63, 3.8) is 0 Å². The third kappa shape index (κ3) is 2.55. The molecule has 0 aromatic rings. The average molecular weight is 309 g/mol. The summed E-state index contributed by atoms with van der Waals surface area (Å²) in [6, 6.07) is 0. The standard InChI is InChI=1S/C20H36O2/c1-4-14-5-6-15-11-16(7-9-19(14,15)2)20(3)10-8-18(22)12-17(20)13-21/h14-18,21-22H,4-13H2,1-3H3. The van der Waals surface area contributed by atoms with Crippen molar-refractivity contribution in [3.8, 4) is 0 Å². The van der Waals surface area contributed by atoms with E-state index in [1.54, 1.807) is 0 Å². The summed E-state index contributed by atoms with van der Waals surface area (Å²) in [5.74, 6) is 2.90. The molecule has 2 heteroatoms. The van der Waals surface area contributed by atoms with E-state index in [1.807, 2.05) is 0 Å². The topological polar surface area (TPSA) is 40.5 Å². The normalized spacial score (nSPS) is 52.5. The van der Waals surface area contributed by atoms with Gasteiger partial charge in [-0.15, -0.1) is 0 Å². The zero-order valence-electron chi connectivity index (χ0n) is 14.9. The molecular formula is C20H36O2. The SMILES string of the molecule is CCC1CCC2CC(C3(C)CCC(O)CC3CO)CCC12C. The zero-order valence-corrected chi connectivity index (χ0v) is 14.9. The molecule has 0 radical (unpaired) electrons. The van der Waals surface area contributed by atoms with Crippen LogP contribution in [0.5, 0.6) is 0 Å². The van der Waals surface area contributed by atoms with Crippen molar-refractivity contribution in [2.45, 2.75) is 84.7 Å². The van der Waals surface area contributed by atoms with Crippen LogP contribution < -0.4 is 0 Å². The van der Waals surface area contributed by atoms with E-state index in [4.69, 9.17) is 0 Å². The van der Waals surface area contributed by atoms with Gasteiger partial charge in [-0.25, -0.2) is 0 Å². The first-order valence-electron chi connectivity index (χ1n) is 9.73. The van der Waals surface area contributed by atoms with Gasteiger partial charge in [0.1, 0.15) is 0 Å². The molecular weight excluding hydrogens is 272 g/mol. The molecule has 0 aliphatic heterocycles. The summed E-state index contributed by atoms with van der Waals surface area (Å²) >= 11 is 0. The van der Waals surface area contributed by atoms with Crippen molar-refractivity contribution >= 4 is 0 Å². The van der Waals surface area contributed by atoms with Crippen molar-refractivity contribution in [3.05, 3.63) is 0 Å². The Balaban J connectivity index is 1.74. The molecule has 0 aromatic heterocycles. The number of rotatable bonds is 3. The minimum Gasteiger partial charge on any atom is -0.396 e. The third-order valence-corrected chi connectivity index (χ3v) is 8.48. The van der Waals surface area contributed by atoms with Gasteiger partial charge in [0.25, 0.3) is 0 Å². The molecule has 0 spiro atoms. The maximum atomic E-state index is 9.99. The second-order valence-electron chi connectivity index (χ2n) is 9.17. The minimum atomic E-state index is -0.185. The molecule has 0 saturated heterocycles. The van der Waals surface area contributed by atoms with Crippen LogP contribution in [0.4, 0.5) is 0 Å². The van der Waals surface area contributed by atoms with Crippen LogP contribution in [0.2, 0.25) is 0 Å². The van der Waals surface area contributed by atoms with Gasteiger partial charge < -0.3 is 10.2 Å². The van der Waals surface area contributed by atoms with Crippen molar-refractivity contribution in [1.29, 1.82) is 0 Å². The van der Waals surface area contributed by atoms with Crippen LogP contribution >= 0.6 is 0 Å². The Morgan fingerprint density at radius 2 is 1.50 bits per heavy atom. The van der Waals surface area contributed by atoms with Gasteiger partial charge in [-0.3, -0.25) is 0 Å². The fourth-order valence-corrected chi connectivity index (χ4v) is 6.62. The Morgan fingerprint density at radius 3 is 2.18 bits per heavy atom. The van der Waals surface area contributed by atoms with E-state index in [0.717, 1.165) is 37.0 Å². The van der Waals surface area contributed by atoms with Gasteiger partial charge in [0.15, 0.2) is 0 Å². The van der Waals surface area contributed by atoms with Gasteiger partial charge in [-0.2, -0.15) is 0 Å². The molecule has 128 valence electrons. The van der Waals surface area contributed by atoms with Crippen LogP contribution in [0.3, 0.4) is 0 Å². The van der Waals surface area contributed by atoms with Crippen molar-refractivity contribution in [2.24, 2.45) is 34.5 Å². The van der Waals surface area contributed by atoms with Gasteiger partial charge in [-0.05, 0) is 85.9 Å². The molecule has 3 saturated carbocycles. The Labute approximate surface area is 136 Å². The van der Waals surface area contributed by atoms with Gasteiger partial charge in [-0.1, -0.05) is 27.2 Å². The first kappa shape index (κ1) is 16.8. The molecule has 3 aliphatic rings. The lowest BCUT2D eigenvalue weighted by atomic mass is 9.52. The second-order valence-corrected chi connectivity index (χ2v) is 9.17. The molecule has 7 unspecified atom stereocenters. The number of fused-ring (bicyclic) bond motifs is 1. The maximum Gasteiger partial charge on any atom is 0.0544 e. The first-order valence-corrected chi connectivity index (χ1v) is 9.73. The number of hydrogen-bond donors (Lipinski definition) is 2.